The Morgan fingerprint density at radius 2 is 1.79 bits per heavy atom. The van der Waals surface area contributed by atoms with E-state index in [9.17, 15) is 0 Å². The molecule has 5 rings (SSSR count). The molecular weight excluding hydrogens is 350 g/mol. The van der Waals surface area contributed by atoms with Gasteiger partial charge in [0.05, 0.1) is 12.1 Å². The molecule has 3 aromatic heterocycles. The molecule has 1 saturated heterocycles. The highest BCUT2D eigenvalue weighted by atomic mass is 16.5. The summed E-state index contributed by atoms with van der Waals surface area (Å²) < 4.78 is 6.12. The van der Waals surface area contributed by atoms with Crippen molar-refractivity contribution in [2.75, 3.05) is 18.0 Å². The Labute approximate surface area is 162 Å². The first kappa shape index (κ1) is 16.6. The van der Waals surface area contributed by atoms with Crippen molar-refractivity contribution in [1.29, 1.82) is 0 Å². The average Bonchev–Trinajstić information content (AvgIpc) is 3.22. The Balaban J connectivity index is 1.48. The molecule has 1 atom stereocenters. The minimum absolute atomic E-state index is 0.123. The van der Waals surface area contributed by atoms with E-state index in [1.165, 1.54) is 0 Å². The third-order valence-corrected chi connectivity index (χ3v) is 4.90. The Bertz CT molecular complexity index is 1090. The number of ether oxygens (including phenoxy) is 1. The number of anilines is 1. The molecule has 1 aliphatic heterocycles. The number of pyridine rings is 2. The van der Waals surface area contributed by atoms with Crippen molar-refractivity contribution in [2.24, 2.45) is 0 Å². The Hall–Kier alpha value is -3.54. The van der Waals surface area contributed by atoms with Crippen LogP contribution in [0.5, 0.6) is 5.75 Å². The molecule has 0 unspecified atom stereocenters. The second kappa shape index (κ2) is 7.23. The van der Waals surface area contributed by atoms with E-state index in [4.69, 9.17) is 14.7 Å². The lowest BCUT2D eigenvalue weighted by molar-refractivity contribution is 0.224. The maximum absolute atomic E-state index is 6.12. The van der Waals surface area contributed by atoms with Gasteiger partial charge in [-0.05, 0) is 36.4 Å². The molecule has 1 aromatic carbocycles. The second-order valence-corrected chi connectivity index (χ2v) is 6.79. The van der Waals surface area contributed by atoms with Crippen molar-refractivity contribution in [2.45, 2.75) is 12.5 Å². The van der Waals surface area contributed by atoms with Gasteiger partial charge in [0.2, 0.25) is 0 Å². The summed E-state index contributed by atoms with van der Waals surface area (Å²) in [5.41, 5.74) is 1.85. The molecule has 138 valence electrons. The molecular formula is C22H19N5O. The predicted octanol–water partition coefficient (Wildman–Crippen LogP) is 3.74. The molecule has 0 amide bonds. The van der Waals surface area contributed by atoms with Crippen molar-refractivity contribution in [3.8, 4) is 17.1 Å². The molecule has 0 saturated carbocycles. The summed E-state index contributed by atoms with van der Waals surface area (Å²) in [7, 11) is 0. The van der Waals surface area contributed by atoms with Crippen molar-refractivity contribution >= 4 is 16.7 Å². The standard InChI is InChI=1S/C22H19N5O/c1-2-6-20-19(5-1)22(26-21(25-20)16-4-3-10-24-14-16)27-13-9-18(15-27)28-17-7-11-23-12-8-17/h1-8,10-12,14,18H,9,13,15H2/t18-/m1/s1. The fourth-order valence-corrected chi connectivity index (χ4v) is 3.55. The van der Waals surface area contributed by atoms with Crippen LogP contribution < -0.4 is 9.64 Å². The molecule has 0 aliphatic carbocycles. The first-order valence-electron chi connectivity index (χ1n) is 9.35. The normalized spacial score (nSPS) is 16.4. The molecule has 1 aliphatic rings. The number of rotatable bonds is 4. The largest absolute Gasteiger partial charge is 0.488 e. The number of nitrogens with zero attached hydrogens (tertiary/aromatic N) is 5. The molecule has 0 N–H and O–H groups in total. The third kappa shape index (κ3) is 3.24. The Morgan fingerprint density at radius 3 is 2.64 bits per heavy atom. The van der Waals surface area contributed by atoms with E-state index >= 15 is 0 Å². The maximum Gasteiger partial charge on any atom is 0.163 e. The van der Waals surface area contributed by atoms with Crippen LogP contribution in [0.3, 0.4) is 0 Å². The maximum atomic E-state index is 6.12. The minimum atomic E-state index is 0.123. The van der Waals surface area contributed by atoms with Gasteiger partial charge in [0.1, 0.15) is 17.7 Å². The van der Waals surface area contributed by atoms with Crippen LogP contribution >= 0.6 is 0 Å². The van der Waals surface area contributed by atoms with E-state index in [1.54, 1.807) is 24.8 Å². The molecule has 4 heterocycles. The quantitative estimate of drug-likeness (QED) is 0.546. The number of aromatic nitrogens is 4. The molecule has 6 nitrogen and oxygen atoms in total. The Morgan fingerprint density at radius 1 is 0.893 bits per heavy atom. The van der Waals surface area contributed by atoms with Gasteiger partial charge >= 0.3 is 0 Å². The zero-order chi connectivity index (χ0) is 18.8. The van der Waals surface area contributed by atoms with Crippen LogP contribution in [0.1, 0.15) is 6.42 Å². The van der Waals surface area contributed by atoms with Crippen molar-refractivity contribution in [1.82, 2.24) is 19.9 Å². The summed E-state index contributed by atoms with van der Waals surface area (Å²) in [6.45, 7) is 1.68. The summed E-state index contributed by atoms with van der Waals surface area (Å²) in [4.78, 5) is 20.2. The van der Waals surface area contributed by atoms with E-state index in [1.807, 2.05) is 42.5 Å². The number of benzene rings is 1. The zero-order valence-electron chi connectivity index (χ0n) is 15.3. The van der Waals surface area contributed by atoms with Gasteiger partial charge in [-0.1, -0.05) is 12.1 Å². The van der Waals surface area contributed by atoms with Gasteiger partial charge in [-0.2, -0.15) is 0 Å². The SMILES string of the molecule is c1cncc(-c2nc(N3CC[C@@H](Oc4ccncc4)C3)c3ccccc3n2)c1. The molecule has 6 heteroatoms. The molecule has 0 bridgehead atoms. The summed E-state index contributed by atoms with van der Waals surface area (Å²) >= 11 is 0. The number of hydrogen-bond acceptors (Lipinski definition) is 6. The molecule has 4 aromatic rings. The van der Waals surface area contributed by atoms with E-state index in [-0.39, 0.29) is 6.10 Å². The fourth-order valence-electron chi connectivity index (χ4n) is 3.55. The van der Waals surface area contributed by atoms with E-state index < -0.39 is 0 Å². The van der Waals surface area contributed by atoms with E-state index in [0.29, 0.717) is 5.82 Å². The number of hydrogen-bond donors (Lipinski definition) is 0. The molecule has 0 spiro atoms. The van der Waals surface area contributed by atoms with Crippen molar-refractivity contribution < 1.29 is 4.74 Å². The monoisotopic (exact) mass is 369 g/mol. The summed E-state index contributed by atoms with van der Waals surface area (Å²) in [6, 6.07) is 15.8. The van der Waals surface area contributed by atoms with Crippen LogP contribution in [0.15, 0.2) is 73.3 Å². The molecule has 28 heavy (non-hydrogen) atoms. The van der Waals surface area contributed by atoms with Crippen LogP contribution in [0, 0.1) is 0 Å². The summed E-state index contributed by atoms with van der Waals surface area (Å²) in [5.74, 6) is 2.50. The Kier molecular flexibility index (Phi) is 4.29. The van der Waals surface area contributed by atoms with Gasteiger partial charge in [-0.25, -0.2) is 9.97 Å². The lowest BCUT2D eigenvalue weighted by Gasteiger charge is -2.20. The summed E-state index contributed by atoms with van der Waals surface area (Å²) in [5, 5.41) is 1.06. The lowest BCUT2D eigenvalue weighted by Crippen LogP contribution is -2.25. The van der Waals surface area contributed by atoms with Crippen molar-refractivity contribution in [3.05, 3.63) is 73.3 Å². The number of fused-ring (bicyclic) bond motifs is 1. The predicted molar refractivity (Wildman–Crippen MR) is 108 cm³/mol. The topological polar surface area (TPSA) is 64.0 Å². The smallest absolute Gasteiger partial charge is 0.163 e. The van der Waals surface area contributed by atoms with Gasteiger partial charge in [0.25, 0.3) is 0 Å². The van der Waals surface area contributed by atoms with Crippen LogP contribution in [-0.2, 0) is 0 Å². The van der Waals surface area contributed by atoms with Crippen LogP contribution in [0.25, 0.3) is 22.3 Å². The van der Waals surface area contributed by atoms with Gasteiger partial charge in [0.15, 0.2) is 5.82 Å². The van der Waals surface area contributed by atoms with Gasteiger partial charge in [-0.15, -0.1) is 0 Å². The van der Waals surface area contributed by atoms with Gasteiger partial charge in [-0.3, -0.25) is 9.97 Å². The zero-order valence-corrected chi connectivity index (χ0v) is 15.3. The van der Waals surface area contributed by atoms with E-state index in [0.717, 1.165) is 47.5 Å². The van der Waals surface area contributed by atoms with Gasteiger partial charge < -0.3 is 9.64 Å². The summed E-state index contributed by atoms with van der Waals surface area (Å²) in [6.07, 6.45) is 8.13. The van der Waals surface area contributed by atoms with Crippen molar-refractivity contribution in [3.63, 3.8) is 0 Å². The molecule has 0 radical (unpaired) electrons. The average molecular weight is 369 g/mol. The highest BCUT2D eigenvalue weighted by Crippen LogP contribution is 2.30. The third-order valence-electron chi connectivity index (χ3n) is 4.90. The van der Waals surface area contributed by atoms with E-state index in [2.05, 4.69) is 20.9 Å². The first-order valence-corrected chi connectivity index (χ1v) is 9.35. The van der Waals surface area contributed by atoms with Crippen LogP contribution in [-0.4, -0.2) is 39.1 Å². The van der Waals surface area contributed by atoms with Gasteiger partial charge in [0, 0.05) is 48.7 Å². The molecule has 1 fully saturated rings. The highest BCUT2D eigenvalue weighted by Gasteiger charge is 2.27. The minimum Gasteiger partial charge on any atom is -0.488 e. The highest BCUT2D eigenvalue weighted by molar-refractivity contribution is 5.91. The van der Waals surface area contributed by atoms with Crippen LogP contribution in [0.4, 0.5) is 5.82 Å². The van der Waals surface area contributed by atoms with Crippen LogP contribution in [0.2, 0.25) is 0 Å². The first-order chi connectivity index (χ1) is 13.9. The second-order valence-electron chi connectivity index (χ2n) is 6.79. The number of para-hydroxylation sites is 1. The fraction of sp³-hybridized carbons (Fsp3) is 0.182. The lowest BCUT2D eigenvalue weighted by atomic mass is 10.2.